The third-order valence-electron chi connectivity index (χ3n) is 3.50. The topological polar surface area (TPSA) is 35.6 Å². The first-order valence-electron chi connectivity index (χ1n) is 6.44. The molecule has 8 heteroatoms. The molecule has 2 rings (SSSR count). The van der Waals surface area contributed by atoms with E-state index in [0.717, 1.165) is 25.9 Å². The zero-order valence-electron chi connectivity index (χ0n) is 10.6. The highest BCUT2D eigenvalue weighted by Crippen LogP contribution is 2.30. The van der Waals surface area contributed by atoms with Gasteiger partial charge in [-0.2, -0.15) is 13.2 Å². The summed E-state index contributed by atoms with van der Waals surface area (Å²) in [7, 11) is 0. The Labute approximate surface area is 114 Å². The molecule has 0 aromatic heterocycles. The molecule has 2 aliphatic rings. The molecule has 0 atom stereocenters. The van der Waals surface area contributed by atoms with E-state index in [-0.39, 0.29) is 36.1 Å². The SMILES string of the molecule is O=C1N(CCSC(F)(F)F)CCN1C1CCNCC1. The van der Waals surface area contributed by atoms with Crippen molar-refractivity contribution in [2.75, 3.05) is 38.5 Å². The summed E-state index contributed by atoms with van der Waals surface area (Å²) in [4.78, 5) is 15.4. The number of alkyl halides is 3. The van der Waals surface area contributed by atoms with Gasteiger partial charge in [0.15, 0.2) is 0 Å². The number of nitrogens with one attached hydrogen (secondary N) is 1. The van der Waals surface area contributed by atoms with Gasteiger partial charge in [-0.25, -0.2) is 4.79 Å². The fourth-order valence-electron chi connectivity index (χ4n) is 2.54. The highest BCUT2D eigenvalue weighted by Gasteiger charge is 2.35. The second kappa shape index (κ2) is 6.21. The van der Waals surface area contributed by atoms with Gasteiger partial charge in [0.2, 0.25) is 0 Å². The average Bonchev–Trinajstić information content (AvgIpc) is 2.71. The first-order chi connectivity index (χ1) is 8.97. The summed E-state index contributed by atoms with van der Waals surface area (Å²) < 4.78 is 36.1. The van der Waals surface area contributed by atoms with Crippen LogP contribution in [0.25, 0.3) is 0 Å². The van der Waals surface area contributed by atoms with Gasteiger partial charge in [0.1, 0.15) is 0 Å². The Kier molecular flexibility index (Phi) is 4.83. The average molecular weight is 297 g/mol. The number of nitrogens with zero attached hydrogens (tertiary/aromatic N) is 2. The molecule has 0 bridgehead atoms. The van der Waals surface area contributed by atoms with Crippen LogP contribution in [-0.2, 0) is 0 Å². The van der Waals surface area contributed by atoms with E-state index in [9.17, 15) is 18.0 Å². The molecule has 0 aromatic rings. The molecule has 0 saturated carbocycles. The van der Waals surface area contributed by atoms with Crippen LogP contribution in [-0.4, -0.2) is 65.9 Å². The summed E-state index contributed by atoms with van der Waals surface area (Å²) in [6, 6.07) is 0.142. The minimum atomic E-state index is -4.21. The van der Waals surface area contributed by atoms with Crippen LogP contribution in [0.2, 0.25) is 0 Å². The first-order valence-corrected chi connectivity index (χ1v) is 7.43. The lowest BCUT2D eigenvalue weighted by molar-refractivity contribution is -0.0328. The van der Waals surface area contributed by atoms with Crippen molar-refractivity contribution >= 4 is 17.8 Å². The van der Waals surface area contributed by atoms with Crippen LogP contribution in [0.15, 0.2) is 0 Å². The molecule has 110 valence electrons. The van der Waals surface area contributed by atoms with Crippen molar-refractivity contribution in [1.82, 2.24) is 15.1 Å². The van der Waals surface area contributed by atoms with Crippen LogP contribution in [0, 0.1) is 0 Å². The number of carbonyl (C=O) groups excluding carboxylic acids is 1. The first kappa shape index (κ1) is 14.8. The molecule has 2 amide bonds. The molecular weight excluding hydrogens is 279 g/mol. The summed E-state index contributed by atoms with van der Waals surface area (Å²) in [5.74, 6) is -0.0880. The molecule has 0 unspecified atom stereocenters. The van der Waals surface area contributed by atoms with Gasteiger partial charge < -0.3 is 15.1 Å². The molecule has 0 radical (unpaired) electrons. The smallest absolute Gasteiger partial charge is 0.322 e. The highest BCUT2D eigenvalue weighted by molar-refractivity contribution is 8.00. The van der Waals surface area contributed by atoms with E-state index >= 15 is 0 Å². The van der Waals surface area contributed by atoms with E-state index < -0.39 is 5.51 Å². The van der Waals surface area contributed by atoms with Crippen LogP contribution in [0.1, 0.15) is 12.8 Å². The molecule has 0 spiro atoms. The Morgan fingerprint density at radius 1 is 1.26 bits per heavy atom. The van der Waals surface area contributed by atoms with Gasteiger partial charge in [-0.15, -0.1) is 0 Å². The summed E-state index contributed by atoms with van der Waals surface area (Å²) in [6.07, 6.45) is 1.85. The number of hydrogen-bond donors (Lipinski definition) is 1. The number of urea groups is 1. The lowest BCUT2D eigenvalue weighted by atomic mass is 10.1. The number of thioether (sulfide) groups is 1. The number of piperidine rings is 1. The number of amides is 2. The molecule has 1 N–H and O–H groups in total. The van der Waals surface area contributed by atoms with Gasteiger partial charge in [0.25, 0.3) is 0 Å². The van der Waals surface area contributed by atoms with E-state index in [0.29, 0.717) is 13.1 Å². The Morgan fingerprint density at radius 3 is 2.58 bits per heavy atom. The second-order valence-electron chi connectivity index (χ2n) is 4.74. The van der Waals surface area contributed by atoms with E-state index in [1.54, 1.807) is 0 Å². The maximum Gasteiger partial charge on any atom is 0.441 e. The van der Waals surface area contributed by atoms with Crippen molar-refractivity contribution < 1.29 is 18.0 Å². The second-order valence-corrected chi connectivity index (χ2v) is 5.90. The lowest BCUT2D eigenvalue weighted by Gasteiger charge is -2.31. The summed E-state index contributed by atoms with van der Waals surface area (Å²) >= 11 is -0.0631. The van der Waals surface area contributed by atoms with Crippen molar-refractivity contribution in [3.05, 3.63) is 0 Å². The van der Waals surface area contributed by atoms with Crippen LogP contribution in [0.4, 0.5) is 18.0 Å². The van der Waals surface area contributed by atoms with Crippen LogP contribution in [0.5, 0.6) is 0 Å². The van der Waals surface area contributed by atoms with E-state index in [2.05, 4.69) is 5.32 Å². The highest BCUT2D eigenvalue weighted by atomic mass is 32.2. The number of carbonyl (C=O) groups is 1. The Hall–Kier alpha value is -0.630. The standard InChI is InChI=1S/C11H18F3N3OS/c12-11(13,14)19-8-7-16-5-6-17(10(16)18)9-1-3-15-4-2-9/h9,15H,1-8H2. The monoisotopic (exact) mass is 297 g/mol. The minimum Gasteiger partial charge on any atom is -0.322 e. The van der Waals surface area contributed by atoms with Gasteiger partial charge >= 0.3 is 11.5 Å². The van der Waals surface area contributed by atoms with Crippen LogP contribution >= 0.6 is 11.8 Å². The Balaban J connectivity index is 1.77. The fourth-order valence-corrected chi connectivity index (χ4v) is 3.08. The van der Waals surface area contributed by atoms with E-state index in [1.165, 1.54) is 4.90 Å². The fraction of sp³-hybridized carbons (Fsp3) is 0.909. The molecular formula is C11H18F3N3OS. The molecule has 4 nitrogen and oxygen atoms in total. The summed E-state index contributed by atoms with van der Waals surface area (Å²) in [5, 5.41) is 3.24. The van der Waals surface area contributed by atoms with Crippen molar-refractivity contribution in [3.8, 4) is 0 Å². The van der Waals surface area contributed by atoms with Crippen molar-refractivity contribution in [1.29, 1.82) is 0 Å². The summed E-state index contributed by atoms with van der Waals surface area (Å²) in [6.45, 7) is 3.16. The molecule has 2 saturated heterocycles. The van der Waals surface area contributed by atoms with Gasteiger partial charge in [-0.1, -0.05) is 0 Å². The minimum absolute atomic E-state index is 0.0631. The van der Waals surface area contributed by atoms with Crippen molar-refractivity contribution in [3.63, 3.8) is 0 Å². The van der Waals surface area contributed by atoms with Crippen LogP contribution in [0.3, 0.4) is 0 Å². The third kappa shape index (κ3) is 4.17. The number of hydrogen-bond acceptors (Lipinski definition) is 3. The largest absolute Gasteiger partial charge is 0.441 e. The van der Waals surface area contributed by atoms with E-state index in [1.807, 2.05) is 4.90 Å². The van der Waals surface area contributed by atoms with Gasteiger partial charge in [-0.05, 0) is 37.7 Å². The normalized spacial score (nSPS) is 22.4. The van der Waals surface area contributed by atoms with Gasteiger partial charge in [0.05, 0.1) is 0 Å². The Morgan fingerprint density at radius 2 is 1.95 bits per heavy atom. The van der Waals surface area contributed by atoms with Crippen molar-refractivity contribution in [2.24, 2.45) is 0 Å². The maximum absolute atomic E-state index is 12.1. The van der Waals surface area contributed by atoms with Crippen molar-refractivity contribution in [2.45, 2.75) is 24.4 Å². The quantitative estimate of drug-likeness (QED) is 0.858. The predicted octanol–water partition coefficient (Wildman–Crippen LogP) is 1.73. The van der Waals surface area contributed by atoms with Gasteiger partial charge in [0, 0.05) is 31.4 Å². The third-order valence-corrected chi connectivity index (χ3v) is 4.22. The van der Waals surface area contributed by atoms with Gasteiger partial charge in [-0.3, -0.25) is 0 Å². The lowest BCUT2D eigenvalue weighted by Crippen LogP contribution is -2.45. The molecule has 2 aliphatic heterocycles. The zero-order chi connectivity index (χ0) is 13.9. The molecule has 0 aliphatic carbocycles. The molecule has 2 heterocycles. The Bertz CT molecular complexity index is 321. The molecule has 19 heavy (non-hydrogen) atoms. The van der Waals surface area contributed by atoms with E-state index in [4.69, 9.17) is 0 Å². The maximum atomic E-state index is 12.1. The molecule has 2 fully saturated rings. The number of rotatable bonds is 4. The van der Waals surface area contributed by atoms with Crippen LogP contribution < -0.4 is 5.32 Å². The molecule has 0 aromatic carbocycles. The zero-order valence-corrected chi connectivity index (χ0v) is 11.4. The predicted molar refractivity (Wildman–Crippen MR) is 68.1 cm³/mol. The summed E-state index contributed by atoms with van der Waals surface area (Å²) in [5.41, 5.74) is -4.21. The number of halogens is 3.